The summed E-state index contributed by atoms with van der Waals surface area (Å²) in [6.07, 6.45) is 1.23. The molecule has 1 fully saturated rings. The van der Waals surface area contributed by atoms with Crippen molar-refractivity contribution in [1.82, 2.24) is 10.3 Å². The van der Waals surface area contributed by atoms with Gasteiger partial charge in [-0.05, 0) is 24.1 Å². The zero-order valence-electron chi connectivity index (χ0n) is 13.4. The lowest BCUT2D eigenvalue weighted by Crippen LogP contribution is -2.36. The second-order valence-electron chi connectivity index (χ2n) is 5.89. The zero-order chi connectivity index (χ0) is 18.8. The maximum Gasteiger partial charge on any atom is 0.404 e. The van der Waals surface area contributed by atoms with Gasteiger partial charge in [0.25, 0.3) is 0 Å². The van der Waals surface area contributed by atoms with Crippen LogP contribution in [0.2, 0.25) is 5.15 Å². The van der Waals surface area contributed by atoms with Gasteiger partial charge in [0.2, 0.25) is 0 Å². The Kier molecular flexibility index (Phi) is 5.03. The van der Waals surface area contributed by atoms with E-state index in [-0.39, 0.29) is 34.4 Å². The van der Waals surface area contributed by atoms with E-state index in [4.69, 9.17) is 16.7 Å². The van der Waals surface area contributed by atoms with Crippen LogP contribution in [0, 0.1) is 11.6 Å². The molecule has 6 nitrogen and oxygen atoms in total. The molecule has 2 aromatic rings. The van der Waals surface area contributed by atoms with E-state index in [1.807, 2.05) is 0 Å². The summed E-state index contributed by atoms with van der Waals surface area (Å²) >= 11 is 6.19. The van der Waals surface area contributed by atoms with Crippen molar-refractivity contribution >= 4 is 29.7 Å². The highest BCUT2D eigenvalue weighted by molar-refractivity contribution is 6.33. The van der Waals surface area contributed by atoms with E-state index in [0.717, 1.165) is 18.2 Å². The molecule has 0 aliphatic carbocycles. The number of halogens is 3. The van der Waals surface area contributed by atoms with E-state index in [2.05, 4.69) is 10.3 Å². The highest BCUT2D eigenvalue weighted by atomic mass is 35.5. The van der Waals surface area contributed by atoms with Crippen LogP contribution in [-0.4, -0.2) is 41.6 Å². The summed E-state index contributed by atoms with van der Waals surface area (Å²) in [7, 11) is 0. The predicted molar refractivity (Wildman–Crippen MR) is 91.8 cm³/mol. The average Bonchev–Trinajstić information content (AvgIpc) is 3.00. The van der Waals surface area contributed by atoms with Crippen molar-refractivity contribution in [3.05, 3.63) is 46.7 Å². The molecule has 1 atom stereocenters. The van der Waals surface area contributed by atoms with Crippen molar-refractivity contribution in [2.75, 3.05) is 18.0 Å². The molecule has 2 heterocycles. The maximum absolute atomic E-state index is 13.7. The Morgan fingerprint density at radius 2 is 2.04 bits per heavy atom. The van der Waals surface area contributed by atoms with Gasteiger partial charge in [0.1, 0.15) is 16.8 Å². The largest absolute Gasteiger partial charge is 0.465 e. The van der Waals surface area contributed by atoms with Crippen molar-refractivity contribution in [3.63, 3.8) is 0 Å². The number of anilines is 1. The number of benzene rings is 1. The fourth-order valence-corrected chi connectivity index (χ4v) is 3.38. The van der Waals surface area contributed by atoms with Gasteiger partial charge in [-0.1, -0.05) is 11.6 Å². The fraction of sp³-hybridized carbons (Fsp3) is 0.235. The van der Waals surface area contributed by atoms with Crippen LogP contribution in [0.5, 0.6) is 0 Å². The molecule has 1 aliphatic rings. The standard InChI is InChI=1S/C17H14ClF2N3O3/c18-16-14(9-3-11(19)5-12(20)4-9)15(10(8-24)6-21-16)23-2-1-13(7-23)22-17(25)26/h3-6,8,13,22H,1-2,7H2,(H,25,26)/t13-/m0/s1. The number of aromatic nitrogens is 1. The zero-order valence-corrected chi connectivity index (χ0v) is 14.1. The number of rotatable bonds is 4. The van der Waals surface area contributed by atoms with E-state index in [9.17, 15) is 18.4 Å². The van der Waals surface area contributed by atoms with Gasteiger partial charge in [-0.3, -0.25) is 4.79 Å². The SMILES string of the molecule is O=Cc1cnc(Cl)c(-c2cc(F)cc(F)c2)c1N1CC[C@H](NC(=O)O)C1. The van der Waals surface area contributed by atoms with E-state index < -0.39 is 17.7 Å². The number of carbonyl (C=O) groups excluding carboxylic acids is 1. The van der Waals surface area contributed by atoms with Crippen LogP contribution in [0.25, 0.3) is 11.1 Å². The van der Waals surface area contributed by atoms with Crippen LogP contribution in [0.15, 0.2) is 24.4 Å². The minimum atomic E-state index is -1.15. The topological polar surface area (TPSA) is 82.5 Å². The number of nitrogens with zero attached hydrogens (tertiary/aromatic N) is 2. The van der Waals surface area contributed by atoms with Crippen LogP contribution in [0.3, 0.4) is 0 Å². The molecule has 0 radical (unpaired) electrons. The van der Waals surface area contributed by atoms with Gasteiger partial charge < -0.3 is 15.3 Å². The van der Waals surface area contributed by atoms with Crippen LogP contribution < -0.4 is 10.2 Å². The number of amides is 1. The van der Waals surface area contributed by atoms with E-state index in [0.29, 0.717) is 24.9 Å². The van der Waals surface area contributed by atoms with Crippen molar-refractivity contribution in [2.45, 2.75) is 12.5 Å². The Bertz CT molecular complexity index is 858. The summed E-state index contributed by atoms with van der Waals surface area (Å²) in [5.74, 6) is -1.57. The molecule has 1 saturated heterocycles. The lowest BCUT2D eigenvalue weighted by Gasteiger charge is -2.24. The first-order valence-electron chi connectivity index (χ1n) is 7.73. The summed E-state index contributed by atoms with van der Waals surface area (Å²) in [4.78, 5) is 28.0. The van der Waals surface area contributed by atoms with Gasteiger partial charge in [-0.15, -0.1) is 0 Å². The number of carboxylic acid groups (broad SMARTS) is 1. The van der Waals surface area contributed by atoms with E-state index >= 15 is 0 Å². The summed E-state index contributed by atoms with van der Waals surface area (Å²) in [5.41, 5.74) is 0.948. The molecule has 0 saturated carbocycles. The molecule has 1 aliphatic heterocycles. The summed E-state index contributed by atoms with van der Waals surface area (Å²) in [6.45, 7) is 0.731. The molecule has 136 valence electrons. The molecule has 26 heavy (non-hydrogen) atoms. The average molecular weight is 382 g/mol. The summed E-state index contributed by atoms with van der Waals surface area (Å²) < 4.78 is 27.4. The Morgan fingerprint density at radius 1 is 1.35 bits per heavy atom. The number of aldehydes is 1. The van der Waals surface area contributed by atoms with Crippen molar-refractivity contribution < 1.29 is 23.5 Å². The minimum absolute atomic E-state index is 0.00903. The first kappa shape index (κ1) is 18.1. The second kappa shape index (κ2) is 7.25. The van der Waals surface area contributed by atoms with Gasteiger partial charge in [-0.25, -0.2) is 18.6 Å². The Balaban J connectivity index is 2.10. The number of nitrogens with one attached hydrogen (secondary N) is 1. The lowest BCUT2D eigenvalue weighted by atomic mass is 10.0. The van der Waals surface area contributed by atoms with Crippen molar-refractivity contribution in [2.24, 2.45) is 0 Å². The maximum atomic E-state index is 13.7. The molecule has 3 rings (SSSR count). The molecule has 9 heteroatoms. The Labute approximate surface area is 152 Å². The smallest absolute Gasteiger partial charge is 0.404 e. The second-order valence-corrected chi connectivity index (χ2v) is 6.24. The van der Waals surface area contributed by atoms with Crippen molar-refractivity contribution in [1.29, 1.82) is 0 Å². The highest BCUT2D eigenvalue weighted by Gasteiger charge is 2.29. The molecule has 1 aromatic heterocycles. The molecular weight excluding hydrogens is 368 g/mol. The molecule has 0 spiro atoms. The van der Waals surface area contributed by atoms with Crippen LogP contribution in [0.4, 0.5) is 19.3 Å². The molecule has 0 unspecified atom stereocenters. The van der Waals surface area contributed by atoms with Crippen LogP contribution in [-0.2, 0) is 0 Å². The van der Waals surface area contributed by atoms with E-state index in [1.54, 1.807) is 4.90 Å². The van der Waals surface area contributed by atoms with Gasteiger partial charge in [0.15, 0.2) is 6.29 Å². The quantitative estimate of drug-likeness (QED) is 0.627. The van der Waals surface area contributed by atoms with E-state index in [1.165, 1.54) is 6.20 Å². The van der Waals surface area contributed by atoms with Crippen LogP contribution in [0.1, 0.15) is 16.8 Å². The Hall–Kier alpha value is -2.74. The molecular formula is C17H14ClF2N3O3. The normalized spacial score (nSPS) is 16.6. The third-order valence-electron chi connectivity index (χ3n) is 4.14. The van der Waals surface area contributed by atoms with Crippen molar-refractivity contribution in [3.8, 4) is 11.1 Å². The van der Waals surface area contributed by atoms with Gasteiger partial charge in [-0.2, -0.15) is 0 Å². The minimum Gasteiger partial charge on any atom is -0.465 e. The molecule has 2 N–H and O–H groups in total. The summed E-state index contributed by atoms with van der Waals surface area (Å²) in [5, 5.41) is 11.2. The number of pyridine rings is 1. The number of carbonyl (C=O) groups is 2. The van der Waals surface area contributed by atoms with Gasteiger partial charge in [0, 0.05) is 30.9 Å². The molecule has 0 bridgehead atoms. The number of hydrogen-bond acceptors (Lipinski definition) is 4. The fourth-order valence-electron chi connectivity index (χ4n) is 3.13. The first-order chi connectivity index (χ1) is 12.4. The highest BCUT2D eigenvalue weighted by Crippen LogP contribution is 2.39. The molecule has 1 amide bonds. The lowest BCUT2D eigenvalue weighted by molar-refractivity contribution is 0.112. The first-order valence-corrected chi connectivity index (χ1v) is 8.11. The molecule has 1 aromatic carbocycles. The Morgan fingerprint density at radius 3 is 2.65 bits per heavy atom. The third kappa shape index (κ3) is 3.60. The van der Waals surface area contributed by atoms with Gasteiger partial charge >= 0.3 is 6.09 Å². The number of hydrogen-bond donors (Lipinski definition) is 2. The third-order valence-corrected chi connectivity index (χ3v) is 4.43. The summed E-state index contributed by atoms with van der Waals surface area (Å²) in [6, 6.07) is 2.60. The monoisotopic (exact) mass is 381 g/mol. The van der Waals surface area contributed by atoms with Gasteiger partial charge in [0.05, 0.1) is 17.3 Å². The van der Waals surface area contributed by atoms with Crippen LogP contribution >= 0.6 is 11.6 Å². The predicted octanol–water partition coefficient (Wildman–Crippen LogP) is 3.34.